The number of carbonyl (C=O) groups is 2. The molecule has 6 heteroatoms. The molecular formula is C8H10N2O4. The highest BCUT2D eigenvalue weighted by molar-refractivity contribution is 5.85. The third kappa shape index (κ3) is 2.98. The summed E-state index contributed by atoms with van der Waals surface area (Å²) in [7, 11) is 0. The molecule has 76 valence electrons. The second-order valence-electron chi connectivity index (χ2n) is 2.78. The highest BCUT2D eigenvalue weighted by Gasteiger charge is 2.07. The average Bonchev–Trinajstić information content (AvgIpc) is 2.52. The van der Waals surface area contributed by atoms with E-state index in [4.69, 9.17) is 9.84 Å². The fraction of sp³-hybridized carbons (Fsp3) is 0.375. The fourth-order valence-corrected chi connectivity index (χ4v) is 0.850. The molecule has 0 aliphatic heterocycles. The summed E-state index contributed by atoms with van der Waals surface area (Å²) >= 11 is 0. The first-order valence-electron chi connectivity index (χ1n) is 3.94. The van der Waals surface area contributed by atoms with Gasteiger partial charge in [-0.1, -0.05) is 0 Å². The molecule has 0 bridgehead atoms. The van der Waals surface area contributed by atoms with Gasteiger partial charge in [-0.3, -0.25) is 9.89 Å². The van der Waals surface area contributed by atoms with Crippen molar-refractivity contribution in [3.05, 3.63) is 17.5 Å². The Balaban J connectivity index is 2.44. The van der Waals surface area contributed by atoms with Crippen LogP contribution in [0, 0.1) is 0 Å². The van der Waals surface area contributed by atoms with Gasteiger partial charge in [-0.25, -0.2) is 4.79 Å². The summed E-state index contributed by atoms with van der Waals surface area (Å²) in [6, 6.07) is 1.36. The van der Waals surface area contributed by atoms with E-state index >= 15 is 0 Å². The number of hydrogen-bond donors (Lipinski definition) is 2. The summed E-state index contributed by atoms with van der Waals surface area (Å²) in [6.45, 7) is 1.58. The summed E-state index contributed by atoms with van der Waals surface area (Å²) in [4.78, 5) is 20.9. The van der Waals surface area contributed by atoms with Crippen LogP contribution in [0.5, 0.6) is 0 Å². The van der Waals surface area contributed by atoms with Gasteiger partial charge in [0, 0.05) is 0 Å². The van der Waals surface area contributed by atoms with Gasteiger partial charge in [-0.2, -0.15) is 5.10 Å². The van der Waals surface area contributed by atoms with E-state index < -0.39 is 5.97 Å². The van der Waals surface area contributed by atoms with Crippen LogP contribution >= 0.6 is 0 Å². The topological polar surface area (TPSA) is 92.3 Å². The zero-order valence-electron chi connectivity index (χ0n) is 7.61. The van der Waals surface area contributed by atoms with E-state index in [0.717, 1.165) is 0 Å². The summed E-state index contributed by atoms with van der Waals surface area (Å²) < 4.78 is 4.96. The molecule has 0 radical (unpaired) electrons. The Morgan fingerprint density at radius 2 is 2.36 bits per heavy atom. The fourth-order valence-electron chi connectivity index (χ4n) is 0.850. The molecule has 0 saturated heterocycles. The monoisotopic (exact) mass is 198 g/mol. The molecule has 1 aromatic rings. The maximum absolute atomic E-state index is 10.5. The smallest absolute Gasteiger partial charge is 0.356 e. The van der Waals surface area contributed by atoms with Crippen molar-refractivity contribution in [1.29, 1.82) is 0 Å². The standard InChI is InChI=1S/C8H10N2O4/c1-5(11)3-14-4-6-2-7(8(12)13)10-9-6/h2H,3-4H2,1H3,(H,9,10)(H,12,13). The molecule has 0 aliphatic carbocycles. The van der Waals surface area contributed by atoms with Crippen molar-refractivity contribution < 1.29 is 19.4 Å². The number of rotatable bonds is 5. The predicted octanol–water partition coefficient (Wildman–Crippen LogP) is 0.214. The lowest BCUT2D eigenvalue weighted by atomic mass is 10.3. The van der Waals surface area contributed by atoms with Crippen molar-refractivity contribution in [1.82, 2.24) is 10.2 Å². The van der Waals surface area contributed by atoms with E-state index in [1.807, 2.05) is 0 Å². The number of nitrogens with one attached hydrogen (secondary N) is 1. The molecule has 0 atom stereocenters. The molecule has 0 saturated carbocycles. The maximum Gasteiger partial charge on any atom is 0.356 e. The Labute approximate surface area is 79.9 Å². The SMILES string of the molecule is CC(=O)COCc1cc(C(=O)O)n[nH]1. The zero-order valence-corrected chi connectivity index (χ0v) is 7.61. The molecule has 0 amide bonds. The number of carbonyl (C=O) groups excluding carboxylic acids is 1. The molecule has 1 aromatic heterocycles. The number of aromatic amines is 1. The molecule has 0 spiro atoms. The number of carboxylic acids is 1. The lowest BCUT2D eigenvalue weighted by Gasteiger charge is -1.97. The van der Waals surface area contributed by atoms with E-state index in [1.165, 1.54) is 13.0 Å². The Hall–Kier alpha value is -1.69. The Morgan fingerprint density at radius 3 is 2.86 bits per heavy atom. The molecule has 0 aliphatic rings. The Kier molecular flexibility index (Phi) is 3.35. The number of nitrogens with zero attached hydrogens (tertiary/aromatic N) is 1. The van der Waals surface area contributed by atoms with E-state index in [-0.39, 0.29) is 24.7 Å². The third-order valence-corrected chi connectivity index (χ3v) is 1.41. The second-order valence-corrected chi connectivity index (χ2v) is 2.78. The lowest BCUT2D eigenvalue weighted by Crippen LogP contribution is -2.03. The summed E-state index contributed by atoms with van der Waals surface area (Å²) in [6.07, 6.45) is 0. The molecule has 0 aromatic carbocycles. The predicted molar refractivity (Wildman–Crippen MR) is 45.9 cm³/mol. The van der Waals surface area contributed by atoms with E-state index in [1.54, 1.807) is 0 Å². The van der Waals surface area contributed by atoms with Gasteiger partial charge in [0.15, 0.2) is 11.5 Å². The van der Waals surface area contributed by atoms with E-state index in [9.17, 15) is 9.59 Å². The first kappa shape index (κ1) is 10.4. The van der Waals surface area contributed by atoms with Gasteiger partial charge < -0.3 is 9.84 Å². The van der Waals surface area contributed by atoms with Crippen LogP contribution < -0.4 is 0 Å². The number of carboxylic acid groups (broad SMARTS) is 1. The van der Waals surface area contributed by atoms with E-state index in [0.29, 0.717) is 5.69 Å². The Bertz CT molecular complexity index is 345. The van der Waals surface area contributed by atoms with Crippen molar-refractivity contribution in [2.24, 2.45) is 0 Å². The first-order valence-corrected chi connectivity index (χ1v) is 3.94. The number of H-pyrrole nitrogens is 1. The van der Waals surface area contributed by atoms with Crippen LogP contribution in [-0.4, -0.2) is 33.7 Å². The van der Waals surface area contributed by atoms with Crippen molar-refractivity contribution in [2.45, 2.75) is 13.5 Å². The van der Waals surface area contributed by atoms with E-state index in [2.05, 4.69) is 10.2 Å². The average molecular weight is 198 g/mol. The first-order chi connectivity index (χ1) is 6.59. The largest absolute Gasteiger partial charge is 0.476 e. The molecule has 1 rings (SSSR count). The van der Waals surface area contributed by atoms with Crippen LogP contribution in [0.15, 0.2) is 6.07 Å². The molecule has 0 fully saturated rings. The van der Waals surface area contributed by atoms with Crippen LogP contribution in [0.1, 0.15) is 23.1 Å². The highest BCUT2D eigenvalue weighted by Crippen LogP contribution is 2.00. The highest BCUT2D eigenvalue weighted by atomic mass is 16.5. The normalized spacial score (nSPS) is 10.1. The van der Waals surface area contributed by atoms with Crippen molar-refractivity contribution >= 4 is 11.8 Å². The van der Waals surface area contributed by atoms with Crippen LogP contribution in [0.4, 0.5) is 0 Å². The molecule has 1 heterocycles. The molecular weight excluding hydrogens is 188 g/mol. The third-order valence-electron chi connectivity index (χ3n) is 1.41. The zero-order chi connectivity index (χ0) is 10.6. The van der Waals surface area contributed by atoms with Crippen LogP contribution in [0.3, 0.4) is 0 Å². The molecule has 0 unspecified atom stereocenters. The van der Waals surface area contributed by atoms with Gasteiger partial charge in [0.2, 0.25) is 0 Å². The van der Waals surface area contributed by atoms with Gasteiger partial charge in [-0.15, -0.1) is 0 Å². The van der Waals surface area contributed by atoms with Gasteiger partial charge >= 0.3 is 5.97 Å². The van der Waals surface area contributed by atoms with Gasteiger partial charge in [0.1, 0.15) is 6.61 Å². The molecule has 6 nitrogen and oxygen atoms in total. The number of aromatic nitrogens is 2. The maximum atomic E-state index is 10.5. The quantitative estimate of drug-likeness (QED) is 0.705. The molecule has 2 N–H and O–H groups in total. The minimum atomic E-state index is -1.10. The number of hydrogen-bond acceptors (Lipinski definition) is 4. The number of ether oxygens (including phenoxy) is 1. The number of ketones is 1. The minimum Gasteiger partial charge on any atom is -0.476 e. The lowest BCUT2D eigenvalue weighted by molar-refractivity contribution is -0.121. The van der Waals surface area contributed by atoms with Crippen LogP contribution in [0.25, 0.3) is 0 Å². The summed E-state index contributed by atoms with van der Waals surface area (Å²) in [5, 5.41) is 14.6. The minimum absolute atomic E-state index is 0.0153. The summed E-state index contributed by atoms with van der Waals surface area (Å²) in [5.41, 5.74) is 0.468. The summed E-state index contributed by atoms with van der Waals surface area (Å²) in [5.74, 6) is -1.18. The van der Waals surface area contributed by atoms with Crippen molar-refractivity contribution in [2.75, 3.05) is 6.61 Å². The second kappa shape index (κ2) is 4.52. The molecule has 14 heavy (non-hydrogen) atoms. The number of Topliss-reactive ketones (excluding diaryl/α,β-unsaturated/α-hetero) is 1. The van der Waals surface area contributed by atoms with Gasteiger partial charge in [0.25, 0.3) is 0 Å². The van der Waals surface area contributed by atoms with Gasteiger partial charge in [0.05, 0.1) is 12.3 Å². The van der Waals surface area contributed by atoms with Gasteiger partial charge in [-0.05, 0) is 13.0 Å². The number of aromatic carboxylic acids is 1. The van der Waals surface area contributed by atoms with Crippen molar-refractivity contribution in [3.63, 3.8) is 0 Å². The van der Waals surface area contributed by atoms with Crippen molar-refractivity contribution in [3.8, 4) is 0 Å². The Morgan fingerprint density at radius 1 is 1.64 bits per heavy atom. The van der Waals surface area contributed by atoms with Crippen LogP contribution in [-0.2, 0) is 16.1 Å². The van der Waals surface area contributed by atoms with Crippen LogP contribution in [0.2, 0.25) is 0 Å².